The first kappa shape index (κ1) is 14.3. The topological polar surface area (TPSA) is 75.1 Å². The molecule has 19 heavy (non-hydrogen) atoms. The van der Waals surface area contributed by atoms with E-state index in [1.165, 1.54) is 11.3 Å². The number of carboxylic acid groups (broad SMARTS) is 1. The van der Waals surface area contributed by atoms with Crippen molar-refractivity contribution in [3.05, 3.63) is 28.2 Å². The van der Waals surface area contributed by atoms with Gasteiger partial charge < -0.3 is 10.4 Å². The third kappa shape index (κ3) is 4.19. The van der Waals surface area contributed by atoms with Gasteiger partial charge in [-0.1, -0.05) is 39.0 Å². The summed E-state index contributed by atoms with van der Waals surface area (Å²) in [5, 5.41) is 20.3. The van der Waals surface area contributed by atoms with Crippen molar-refractivity contribution >= 4 is 55.8 Å². The molecule has 0 saturated heterocycles. The highest BCUT2D eigenvalue weighted by atomic mass is 79.9. The summed E-state index contributed by atoms with van der Waals surface area (Å²) in [5.41, 5.74) is 2.04. The number of hydrogen-bond acceptors (Lipinski definition) is 6. The highest BCUT2D eigenvalue weighted by Gasteiger charge is 2.08. The zero-order valence-corrected chi connectivity index (χ0v) is 13.1. The SMILES string of the molecule is Cc1cc(Br)ccc1Nc1nnc(SCC(=O)O)s1. The van der Waals surface area contributed by atoms with E-state index >= 15 is 0 Å². The van der Waals surface area contributed by atoms with Crippen LogP contribution in [-0.2, 0) is 4.79 Å². The van der Waals surface area contributed by atoms with Gasteiger partial charge in [0.2, 0.25) is 5.13 Å². The second-order valence-electron chi connectivity index (χ2n) is 3.64. The van der Waals surface area contributed by atoms with Crippen molar-refractivity contribution in [3.8, 4) is 0 Å². The molecular weight excluding hydrogens is 350 g/mol. The van der Waals surface area contributed by atoms with Gasteiger partial charge in [-0.2, -0.15) is 0 Å². The molecule has 0 spiro atoms. The number of carboxylic acids is 1. The minimum absolute atomic E-state index is 0.00799. The average molecular weight is 360 g/mol. The molecule has 0 aliphatic carbocycles. The zero-order chi connectivity index (χ0) is 13.8. The molecule has 0 radical (unpaired) electrons. The van der Waals surface area contributed by atoms with Crippen molar-refractivity contribution in [1.29, 1.82) is 0 Å². The highest BCUT2D eigenvalue weighted by Crippen LogP contribution is 2.29. The van der Waals surface area contributed by atoms with Crippen LogP contribution < -0.4 is 5.32 Å². The number of carbonyl (C=O) groups is 1. The molecule has 100 valence electrons. The van der Waals surface area contributed by atoms with Gasteiger partial charge in [-0.3, -0.25) is 4.79 Å². The van der Waals surface area contributed by atoms with Crippen molar-refractivity contribution in [3.63, 3.8) is 0 Å². The molecule has 2 aromatic rings. The number of halogens is 1. The molecule has 1 aromatic carbocycles. The predicted octanol–water partition coefficient (Wildman–Crippen LogP) is 3.53. The predicted molar refractivity (Wildman–Crippen MR) is 80.4 cm³/mol. The van der Waals surface area contributed by atoms with Gasteiger partial charge in [-0.05, 0) is 30.7 Å². The van der Waals surface area contributed by atoms with Crippen LogP contribution in [0.3, 0.4) is 0 Å². The summed E-state index contributed by atoms with van der Waals surface area (Å²) >= 11 is 5.91. The van der Waals surface area contributed by atoms with E-state index in [9.17, 15) is 4.79 Å². The molecule has 0 bridgehead atoms. The molecule has 0 fully saturated rings. The maximum Gasteiger partial charge on any atom is 0.313 e. The number of nitrogens with zero attached hydrogens (tertiary/aromatic N) is 2. The Morgan fingerprint density at radius 3 is 3.00 bits per heavy atom. The van der Waals surface area contributed by atoms with E-state index in [-0.39, 0.29) is 5.75 Å². The molecule has 0 aliphatic rings. The Hall–Kier alpha value is -1.12. The van der Waals surface area contributed by atoms with Gasteiger partial charge in [0.25, 0.3) is 0 Å². The second kappa shape index (κ2) is 6.36. The molecule has 0 amide bonds. The van der Waals surface area contributed by atoms with Crippen molar-refractivity contribution < 1.29 is 9.90 Å². The minimum atomic E-state index is -0.863. The summed E-state index contributed by atoms with van der Waals surface area (Å²) in [6.45, 7) is 1.99. The third-order valence-electron chi connectivity index (χ3n) is 2.16. The molecule has 2 rings (SSSR count). The lowest BCUT2D eigenvalue weighted by molar-refractivity contribution is -0.133. The van der Waals surface area contributed by atoms with Gasteiger partial charge in [0.1, 0.15) is 0 Å². The number of aryl methyl sites for hydroxylation is 1. The van der Waals surface area contributed by atoms with Crippen molar-refractivity contribution in [2.75, 3.05) is 11.1 Å². The number of anilines is 2. The summed E-state index contributed by atoms with van der Waals surface area (Å²) in [6.07, 6.45) is 0. The van der Waals surface area contributed by atoms with Crippen molar-refractivity contribution in [2.45, 2.75) is 11.3 Å². The smallest absolute Gasteiger partial charge is 0.313 e. The van der Waals surface area contributed by atoms with E-state index in [0.29, 0.717) is 9.47 Å². The first-order valence-electron chi connectivity index (χ1n) is 5.26. The van der Waals surface area contributed by atoms with Gasteiger partial charge >= 0.3 is 5.97 Å². The maximum absolute atomic E-state index is 10.5. The fourth-order valence-corrected chi connectivity index (χ4v) is 3.28. The Morgan fingerprint density at radius 1 is 1.53 bits per heavy atom. The molecule has 0 saturated carbocycles. The number of rotatable bonds is 5. The number of aromatic nitrogens is 2. The summed E-state index contributed by atoms with van der Waals surface area (Å²) in [4.78, 5) is 10.5. The standard InChI is InChI=1S/C11H10BrN3O2S2/c1-6-4-7(12)2-3-8(6)13-10-14-15-11(19-10)18-5-9(16)17/h2-4H,5H2,1H3,(H,13,14)(H,16,17). The number of hydrogen-bond donors (Lipinski definition) is 2. The Labute approximate surface area is 126 Å². The number of thioether (sulfide) groups is 1. The lowest BCUT2D eigenvalue weighted by Crippen LogP contribution is -1.96. The zero-order valence-electron chi connectivity index (χ0n) is 9.88. The van der Waals surface area contributed by atoms with Crippen LogP contribution in [0.1, 0.15) is 5.56 Å². The fourth-order valence-electron chi connectivity index (χ4n) is 1.32. The molecular formula is C11H10BrN3O2S2. The Kier molecular flexibility index (Phi) is 4.78. The third-order valence-corrected chi connectivity index (χ3v) is 4.61. The van der Waals surface area contributed by atoms with Gasteiger partial charge in [0.15, 0.2) is 4.34 Å². The van der Waals surface area contributed by atoms with Crippen LogP contribution in [-0.4, -0.2) is 27.0 Å². The number of aliphatic carboxylic acids is 1. The van der Waals surface area contributed by atoms with Crippen molar-refractivity contribution in [1.82, 2.24) is 10.2 Å². The van der Waals surface area contributed by atoms with Crippen LogP contribution in [0.2, 0.25) is 0 Å². The molecule has 0 aliphatic heterocycles. The van der Waals surface area contributed by atoms with Crippen molar-refractivity contribution in [2.24, 2.45) is 0 Å². The monoisotopic (exact) mass is 359 g/mol. The molecule has 0 unspecified atom stereocenters. The largest absolute Gasteiger partial charge is 0.481 e. The van der Waals surface area contributed by atoms with E-state index in [1.807, 2.05) is 25.1 Å². The average Bonchev–Trinajstić information content (AvgIpc) is 2.78. The Balaban J connectivity index is 2.05. The molecule has 2 N–H and O–H groups in total. The van der Waals surface area contributed by atoms with E-state index in [0.717, 1.165) is 27.5 Å². The van der Waals surface area contributed by atoms with Crippen LogP contribution in [0, 0.1) is 6.92 Å². The van der Waals surface area contributed by atoms with Crippen LogP contribution >= 0.6 is 39.0 Å². The molecule has 8 heteroatoms. The normalized spacial score (nSPS) is 10.4. The van der Waals surface area contributed by atoms with E-state index < -0.39 is 5.97 Å². The molecule has 0 atom stereocenters. The van der Waals surface area contributed by atoms with E-state index in [1.54, 1.807) is 0 Å². The second-order valence-corrected chi connectivity index (χ2v) is 6.76. The number of nitrogens with one attached hydrogen (secondary N) is 1. The number of benzene rings is 1. The van der Waals surface area contributed by atoms with Crippen LogP contribution in [0.15, 0.2) is 27.0 Å². The van der Waals surface area contributed by atoms with Gasteiger partial charge in [0, 0.05) is 10.2 Å². The summed E-state index contributed by atoms with van der Waals surface area (Å²) in [5.74, 6) is -0.871. The Bertz CT molecular complexity index is 603. The highest BCUT2D eigenvalue weighted by molar-refractivity contribution is 9.10. The molecule has 5 nitrogen and oxygen atoms in total. The summed E-state index contributed by atoms with van der Waals surface area (Å²) in [6, 6.07) is 5.89. The van der Waals surface area contributed by atoms with Gasteiger partial charge in [-0.25, -0.2) is 0 Å². The van der Waals surface area contributed by atoms with Crippen LogP contribution in [0.5, 0.6) is 0 Å². The van der Waals surface area contributed by atoms with E-state index in [2.05, 4.69) is 31.4 Å². The van der Waals surface area contributed by atoms with Gasteiger partial charge in [-0.15, -0.1) is 10.2 Å². The summed E-state index contributed by atoms with van der Waals surface area (Å²) < 4.78 is 1.66. The maximum atomic E-state index is 10.5. The van der Waals surface area contributed by atoms with Crippen LogP contribution in [0.4, 0.5) is 10.8 Å². The first-order chi connectivity index (χ1) is 9.04. The minimum Gasteiger partial charge on any atom is -0.481 e. The fraction of sp³-hybridized carbons (Fsp3) is 0.182. The first-order valence-corrected chi connectivity index (χ1v) is 7.85. The van der Waals surface area contributed by atoms with E-state index in [4.69, 9.17) is 5.11 Å². The quantitative estimate of drug-likeness (QED) is 0.795. The van der Waals surface area contributed by atoms with Gasteiger partial charge in [0.05, 0.1) is 5.75 Å². The lowest BCUT2D eigenvalue weighted by Gasteiger charge is -2.05. The van der Waals surface area contributed by atoms with Crippen LogP contribution in [0.25, 0.3) is 0 Å². The molecule has 1 aromatic heterocycles. The molecule has 1 heterocycles. The summed E-state index contributed by atoms with van der Waals surface area (Å²) in [7, 11) is 0. The lowest BCUT2D eigenvalue weighted by atomic mass is 10.2. The Morgan fingerprint density at radius 2 is 2.32 bits per heavy atom.